The Hall–Kier alpha value is -0.380. The molecule has 1 aromatic heterocycles. The zero-order valence-corrected chi connectivity index (χ0v) is 10.5. The van der Waals surface area contributed by atoms with Gasteiger partial charge in [-0.15, -0.1) is 11.3 Å². The predicted molar refractivity (Wildman–Crippen MR) is 64.9 cm³/mol. The van der Waals surface area contributed by atoms with Crippen molar-refractivity contribution in [2.45, 2.75) is 13.0 Å². The van der Waals surface area contributed by atoms with Crippen molar-refractivity contribution in [2.75, 3.05) is 7.11 Å². The highest BCUT2D eigenvalue weighted by molar-refractivity contribution is 9.10. The number of benzene rings is 1. The van der Waals surface area contributed by atoms with Gasteiger partial charge in [-0.2, -0.15) is 0 Å². The molecule has 2 aromatic rings. The molecule has 1 unspecified atom stereocenters. The van der Waals surface area contributed by atoms with Crippen LogP contribution < -0.4 is 0 Å². The van der Waals surface area contributed by atoms with Crippen LogP contribution in [0.25, 0.3) is 10.1 Å². The zero-order chi connectivity index (χ0) is 10.1. The summed E-state index contributed by atoms with van der Waals surface area (Å²) < 4.78 is 7.76. The minimum Gasteiger partial charge on any atom is -0.377 e. The fraction of sp³-hybridized carbons (Fsp3) is 0.273. The molecule has 0 aliphatic heterocycles. The van der Waals surface area contributed by atoms with Crippen LogP contribution in [0.4, 0.5) is 0 Å². The van der Waals surface area contributed by atoms with E-state index in [1.54, 1.807) is 18.4 Å². The molecule has 0 bridgehead atoms. The van der Waals surface area contributed by atoms with Crippen molar-refractivity contribution < 1.29 is 4.74 Å². The molecule has 0 aliphatic rings. The normalized spacial score (nSPS) is 13.4. The van der Waals surface area contributed by atoms with Crippen LogP contribution in [0.1, 0.15) is 18.6 Å². The van der Waals surface area contributed by atoms with Gasteiger partial charge in [0.15, 0.2) is 0 Å². The Kier molecular flexibility index (Phi) is 2.91. The quantitative estimate of drug-likeness (QED) is 0.788. The fourth-order valence-corrected chi connectivity index (χ4v) is 3.06. The Morgan fingerprint density at radius 1 is 1.43 bits per heavy atom. The average Bonchev–Trinajstić information content (AvgIpc) is 2.59. The van der Waals surface area contributed by atoms with Gasteiger partial charge in [0, 0.05) is 16.3 Å². The highest BCUT2D eigenvalue weighted by Gasteiger charge is 2.10. The summed E-state index contributed by atoms with van der Waals surface area (Å²) in [6, 6.07) is 6.35. The third kappa shape index (κ3) is 1.72. The Morgan fingerprint density at radius 3 is 2.93 bits per heavy atom. The second-order valence-corrected chi connectivity index (χ2v) is 5.04. The van der Waals surface area contributed by atoms with Gasteiger partial charge in [-0.1, -0.05) is 22.0 Å². The first-order valence-corrected chi connectivity index (χ1v) is 6.09. The Morgan fingerprint density at radius 2 is 2.21 bits per heavy atom. The largest absolute Gasteiger partial charge is 0.377 e. The van der Waals surface area contributed by atoms with Crippen LogP contribution in [0.15, 0.2) is 28.1 Å². The van der Waals surface area contributed by atoms with Crippen LogP contribution in [-0.2, 0) is 4.74 Å². The van der Waals surface area contributed by atoms with Crippen molar-refractivity contribution in [1.82, 2.24) is 0 Å². The number of methoxy groups -OCH3 is 1. The van der Waals surface area contributed by atoms with E-state index >= 15 is 0 Å². The standard InChI is InChI=1S/C11H11BrOS/c1-7(13-2)10-6-14-11-5-8(12)3-4-9(10)11/h3-7H,1-2H3. The van der Waals surface area contributed by atoms with E-state index in [4.69, 9.17) is 4.74 Å². The van der Waals surface area contributed by atoms with Crippen LogP contribution in [0, 0.1) is 0 Å². The lowest BCUT2D eigenvalue weighted by molar-refractivity contribution is 0.121. The number of hydrogen-bond donors (Lipinski definition) is 0. The van der Waals surface area contributed by atoms with Crippen LogP contribution in [0.2, 0.25) is 0 Å². The van der Waals surface area contributed by atoms with Crippen LogP contribution in [0.5, 0.6) is 0 Å². The van der Waals surface area contributed by atoms with Gasteiger partial charge < -0.3 is 4.74 Å². The number of ether oxygens (including phenoxy) is 1. The van der Waals surface area contributed by atoms with Crippen molar-refractivity contribution >= 4 is 37.4 Å². The second kappa shape index (κ2) is 4.01. The number of hydrogen-bond acceptors (Lipinski definition) is 2. The maximum Gasteiger partial charge on any atom is 0.0807 e. The van der Waals surface area contributed by atoms with Crippen LogP contribution in [0.3, 0.4) is 0 Å². The Labute approximate surface area is 95.8 Å². The molecule has 1 aromatic carbocycles. The molecule has 3 heteroatoms. The first-order chi connectivity index (χ1) is 6.72. The van der Waals surface area contributed by atoms with Gasteiger partial charge in [0.25, 0.3) is 0 Å². The highest BCUT2D eigenvalue weighted by Crippen LogP contribution is 2.33. The molecule has 0 radical (unpaired) electrons. The summed E-state index contributed by atoms with van der Waals surface area (Å²) in [7, 11) is 1.74. The smallest absolute Gasteiger partial charge is 0.0807 e. The van der Waals surface area contributed by atoms with E-state index in [0.717, 1.165) is 4.47 Å². The summed E-state index contributed by atoms with van der Waals surface area (Å²) in [4.78, 5) is 0. The van der Waals surface area contributed by atoms with Gasteiger partial charge in [0.2, 0.25) is 0 Å². The topological polar surface area (TPSA) is 9.23 Å². The van der Waals surface area contributed by atoms with E-state index < -0.39 is 0 Å². The first kappa shape index (κ1) is 10.1. The van der Waals surface area contributed by atoms with Gasteiger partial charge in [-0.05, 0) is 35.4 Å². The number of thiophene rings is 1. The molecule has 0 saturated heterocycles. The summed E-state index contributed by atoms with van der Waals surface area (Å²) >= 11 is 5.23. The van der Waals surface area contributed by atoms with E-state index in [1.165, 1.54) is 15.6 Å². The molecule has 0 saturated carbocycles. The van der Waals surface area contributed by atoms with Crippen molar-refractivity contribution in [2.24, 2.45) is 0 Å². The van der Waals surface area contributed by atoms with Gasteiger partial charge in [-0.3, -0.25) is 0 Å². The lowest BCUT2D eigenvalue weighted by Crippen LogP contribution is -1.93. The molecule has 2 rings (SSSR count). The second-order valence-electron chi connectivity index (χ2n) is 3.21. The Balaban J connectivity index is 2.58. The number of halogens is 1. The molecule has 1 heterocycles. The zero-order valence-electron chi connectivity index (χ0n) is 8.08. The number of fused-ring (bicyclic) bond motifs is 1. The van der Waals surface area contributed by atoms with Gasteiger partial charge in [-0.25, -0.2) is 0 Å². The minimum atomic E-state index is 0.171. The molecule has 1 nitrogen and oxygen atoms in total. The predicted octanol–water partition coefficient (Wildman–Crippen LogP) is 4.37. The van der Waals surface area contributed by atoms with E-state index in [-0.39, 0.29) is 6.10 Å². The van der Waals surface area contributed by atoms with Crippen molar-refractivity contribution in [3.8, 4) is 0 Å². The molecule has 1 atom stereocenters. The van der Waals surface area contributed by atoms with Gasteiger partial charge >= 0.3 is 0 Å². The number of rotatable bonds is 2. The fourth-order valence-electron chi connectivity index (χ4n) is 1.46. The highest BCUT2D eigenvalue weighted by atomic mass is 79.9. The minimum absolute atomic E-state index is 0.171. The van der Waals surface area contributed by atoms with Crippen LogP contribution in [-0.4, -0.2) is 7.11 Å². The monoisotopic (exact) mass is 270 g/mol. The van der Waals surface area contributed by atoms with Gasteiger partial charge in [0.1, 0.15) is 0 Å². The summed E-state index contributed by atoms with van der Waals surface area (Å²) in [5.41, 5.74) is 1.28. The molecular formula is C11H11BrOS. The van der Waals surface area contributed by atoms with E-state index in [2.05, 4.69) is 46.4 Å². The molecule has 0 fully saturated rings. The third-order valence-electron chi connectivity index (χ3n) is 2.36. The molecule has 0 amide bonds. The first-order valence-electron chi connectivity index (χ1n) is 4.42. The maximum atomic E-state index is 5.33. The molecule has 74 valence electrons. The van der Waals surface area contributed by atoms with E-state index in [9.17, 15) is 0 Å². The summed E-state index contributed by atoms with van der Waals surface area (Å²) in [5, 5.41) is 3.47. The third-order valence-corrected chi connectivity index (χ3v) is 3.82. The summed E-state index contributed by atoms with van der Waals surface area (Å²) in [6.07, 6.45) is 0.171. The van der Waals surface area contributed by atoms with Crippen molar-refractivity contribution in [3.63, 3.8) is 0 Å². The van der Waals surface area contributed by atoms with Crippen LogP contribution >= 0.6 is 27.3 Å². The molecular weight excluding hydrogens is 260 g/mol. The maximum absolute atomic E-state index is 5.33. The lowest BCUT2D eigenvalue weighted by Gasteiger charge is -2.07. The molecule has 0 N–H and O–H groups in total. The molecule has 0 spiro atoms. The molecule has 14 heavy (non-hydrogen) atoms. The molecule has 0 aliphatic carbocycles. The van der Waals surface area contributed by atoms with Crippen molar-refractivity contribution in [1.29, 1.82) is 0 Å². The Bertz CT molecular complexity index is 449. The lowest BCUT2D eigenvalue weighted by atomic mass is 10.1. The van der Waals surface area contributed by atoms with E-state index in [1.807, 2.05) is 0 Å². The summed E-state index contributed by atoms with van der Waals surface area (Å²) in [5.74, 6) is 0. The van der Waals surface area contributed by atoms with Gasteiger partial charge in [0.05, 0.1) is 6.10 Å². The van der Waals surface area contributed by atoms with E-state index in [0.29, 0.717) is 0 Å². The van der Waals surface area contributed by atoms with Crippen molar-refractivity contribution in [3.05, 3.63) is 33.6 Å². The average molecular weight is 271 g/mol. The summed E-state index contributed by atoms with van der Waals surface area (Å²) in [6.45, 7) is 2.07. The SMILES string of the molecule is COC(C)c1csc2cc(Br)ccc12.